The summed E-state index contributed by atoms with van der Waals surface area (Å²) in [5, 5.41) is 9.45. The SMILES string of the molecule is O=C(CCCCCN=C=S)Nc1ccc2ncnc(Nc3cccc(Br)c3)c2c1. The molecule has 1 heterocycles. The van der Waals surface area contributed by atoms with E-state index >= 15 is 0 Å². The van der Waals surface area contributed by atoms with Gasteiger partial charge in [0, 0.05) is 34.2 Å². The molecule has 3 rings (SSSR count). The standard InChI is InChI=1S/C21H20BrN5OS/c22-15-5-4-6-16(11-15)27-21-18-12-17(8-9-19(18)24-13-25-21)26-20(28)7-2-1-3-10-23-14-29/h4-6,8-9,11-13H,1-3,7,10H2,(H,26,28)(H,24,25,27). The molecule has 0 unspecified atom stereocenters. The van der Waals surface area contributed by atoms with Crippen LogP contribution >= 0.6 is 28.1 Å². The summed E-state index contributed by atoms with van der Waals surface area (Å²) in [7, 11) is 0. The number of benzene rings is 2. The van der Waals surface area contributed by atoms with E-state index < -0.39 is 0 Å². The number of rotatable bonds is 9. The molecule has 0 spiro atoms. The molecular weight excluding hydrogens is 450 g/mol. The molecule has 8 heteroatoms. The second-order valence-corrected chi connectivity index (χ2v) is 7.52. The van der Waals surface area contributed by atoms with Gasteiger partial charge in [0.1, 0.15) is 12.1 Å². The maximum Gasteiger partial charge on any atom is 0.224 e. The molecule has 0 bridgehead atoms. The van der Waals surface area contributed by atoms with Crippen molar-refractivity contribution in [1.82, 2.24) is 9.97 Å². The number of carbonyl (C=O) groups is 1. The van der Waals surface area contributed by atoms with Crippen LogP contribution in [-0.2, 0) is 4.79 Å². The molecule has 0 aliphatic rings. The van der Waals surface area contributed by atoms with Gasteiger partial charge < -0.3 is 10.6 Å². The fourth-order valence-corrected chi connectivity index (χ4v) is 3.35. The van der Waals surface area contributed by atoms with Crippen molar-refractivity contribution >= 4 is 67.3 Å². The van der Waals surface area contributed by atoms with Crippen molar-refractivity contribution in [3.63, 3.8) is 0 Å². The smallest absolute Gasteiger partial charge is 0.224 e. The molecule has 0 aliphatic carbocycles. The molecule has 0 saturated heterocycles. The maximum atomic E-state index is 12.2. The van der Waals surface area contributed by atoms with E-state index in [0.717, 1.165) is 46.0 Å². The second kappa shape index (κ2) is 10.8. The number of aliphatic imine (C=N–C) groups is 1. The molecule has 0 fully saturated rings. The van der Waals surface area contributed by atoms with Crippen LogP contribution in [0.5, 0.6) is 0 Å². The third kappa shape index (κ3) is 6.42. The number of anilines is 3. The maximum absolute atomic E-state index is 12.2. The zero-order valence-corrected chi connectivity index (χ0v) is 18.1. The number of fused-ring (bicyclic) bond motifs is 1. The van der Waals surface area contributed by atoms with Crippen LogP contribution in [0.4, 0.5) is 17.2 Å². The van der Waals surface area contributed by atoms with Crippen molar-refractivity contribution in [1.29, 1.82) is 0 Å². The largest absolute Gasteiger partial charge is 0.340 e. The predicted octanol–water partition coefficient (Wildman–Crippen LogP) is 5.74. The Balaban J connectivity index is 1.67. The molecular formula is C21H20BrN5OS. The number of aromatic nitrogens is 2. The van der Waals surface area contributed by atoms with Gasteiger partial charge in [-0.1, -0.05) is 28.4 Å². The van der Waals surface area contributed by atoms with Crippen LogP contribution in [0, 0.1) is 0 Å². The molecule has 1 aromatic heterocycles. The Hall–Kier alpha value is -2.67. The highest BCUT2D eigenvalue weighted by atomic mass is 79.9. The zero-order chi connectivity index (χ0) is 20.5. The molecule has 1 amide bonds. The predicted molar refractivity (Wildman–Crippen MR) is 124 cm³/mol. The topological polar surface area (TPSA) is 79.3 Å². The van der Waals surface area contributed by atoms with Crippen LogP contribution in [0.15, 0.2) is 58.3 Å². The molecule has 0 atom stereocenters. The summed E-state index contributed by atoms with van der Waals surface area (Å²) >= 11 is 8.00. The Kier molecular flexibility index (Phi) is 7.81. The Bertz CT molecular complexity index is 1050. The van der Waals surface area contributed by atoms with E-state index in [1.807, 2.05) is 42.5 Å². The van der Waals surface area contributed by atoms with Gasteiger partial charge in [0.2, 0.25) is 5.91 Å². The van der Waals surface area contributed by atoms with Crippen molar-refractivity contribution in [2.24, 2.45) is 4.99 Å². The van der Waals surface area contributed by atoms with Crippen molar-refractivity contribution < 1.29 is 4.79 Å². The lowest BCUT2D eigenvalue weighted by Crippen LogP contribution is -2.11. The van der Waals surface area contributed by atoms with Gasteiger partial charge in [-0.05, 0) is 61.5 Å². The first-order valence-corrected chi connectivity index (χ1v) is 10.5. The Morgan fingerprint density at radius 3 is 2.83 bits per heavy atom. The van der Waals surface area contributed by atoms with Gasteiger partial charge in [-0.3, -0.25) is 4.79 Å². The highest BCUT2D eigenvalue weighted by Gasteiger charge is 2.08. The molecule has 6 nitrogen and oxygen atoms in total. The van der Waals surface area contributed by atoms with E-state index in [1.54, 1.807) is 0 Å². The molecule has 29 heavy (non-hydrogen) atoms. The number of unbranched alkanes of at least 4 members (excludes halogenated alkanes) is 2. The van der Waals surface area contributed by atoms with Gasteiger partial charge >= 0.3 is 0 Å². The van der Waals surface area contributed by atoms with Crippen molar-refractivity contribution in [3.8, 4) is 0 Å². The fourth-order valence-electron chi connectivity index (χ4n) is 2.86. The number of carbonyl (C=O) groups excluding carboxylic acids is 1. The van der Waals surface area contributed by atoms with Crippen LogP contribution < -0.4 is 10.6 Å². The van der Waals surface area contributed by atoms with Gasteiger partial charge in [0.05, 0.1) is 10.7 Å². The molecule has 0 saturated carbocycles. The van der Waals surface area contributed by atoms with Crippen LogP contribution in [0.1, 0.15) is 25.7 Å². The van der Waals surface area contributed by atoms with E-state index in [-0.39, 0.29) is 5.91 Å². The number of hydrogen-bond donors (Lipinski definition) is 2. The number of nitrogens with one attached hydrogen (secondary N) is 2. The van der Waals surface area contributed by atoms with Gasteiger partial charge in [-0.15, -0.1) is 0 Å². The molecule has 3 aromatic rings. The molecule has 0 aliphatic heterocycles. The summed E-state index contributed by atoms with van der Waals surface area (Å²) in [5.41, 5.74) is 2.43. The third-order valence-electron chi connectivity index (χ3n) is 4.24. The van der Waals surface area contributed by atoms with Gasteiger partial charge in [-0.25, -0.2) is 15.0 Å². The lowest BCUT2D eigenvalue weighted by Gasteiger charge is -2.11. The number of nitrogens with zero attached hydrogens (tertiary/aromatic N) is 3. The lowest BCUT2D eigenvalue weighted by molar-refractivity contribution is -0.116. The monoisotopic (exact) mass is 469 g/mol. The summed E-state index contributed by atoms with van der Waals surface area (Å²) < 4.78 is 0.975. The first kappa shape index (κ1) is 21.0. The van der Waals surface area contributed by atoms with E-state index in [2.05, 4.69) is 58.9 Å². The minimum Gasteiger partial charge on any atom is -0.340 e. The molecule has 2 aromatic carbocycles. The molecule has 148 valence electrons. The average molecular weight is 470 g/mol. The highest BCUT2D eigenvalue weighted by molar-refractivity contribution is 9.10. The Labute approximate surface area is 183 Å². The normalized spacial score (nSPS) is 10.4. The van der Waals surface area contributed by atoms with E-state index in [9.17, 15) is 4.79 Å². The Morgan fingerprint density at radius 1 is 1.10 bits per heavy atom. The average Bonchev–Trinajstić information content (AvgIpc) is 2.71. The number of thiocarbonyl (C=S) groups is 1. The van der Waals surface area contributed by atoms with E-state index in [4.69, 9.17) is 0 Å². The number of isothiocyanates is 1. The first-order valence-electron chi connectivity index (χ1n) is 9.26. The third-order valence-corrected chi connectivity index (χ3v) is 4.87. The van der Waals surface area contributed by atoms with Gasteiger partial charge in [-0.2, -0.15) is 0 Å². The van der Waals surface area contributed by atoms with Crippen LogP contribution in [0.2, 0.25) is 0 Å². The summed E-state index contributed by atoms with van der Waals surface area (Å²) in [6.45, 7) is 0.670. The summed E-state index contributed by atoms with van der Waals surface area (Å²) in [4.78, 5) is 24.8. The fraction of sp³-hybridized carbons (Fsp3) is 0.238. The van der Waals surface area contributed by atoms with E-state index in [0.29, 0.717) is 18.8 Å². The van der Waals surface area contributed by atoms with Crippen molar-refractivity contribution in [2.45, 2.75) is 25.7 Å². The lowest BCUT2D eigenvalue weighted by atomic mass is 10.1. The summed E-state index contributed by atoms with van der Waals surface area (Å²) in [5.74, 6) is 0.671. The zero-order valence-electron chi connectivity index (χ0n) is 15.7. The van der Waals surface area contributed by atoms with E-state index in [1.165, 1.54) is 6.33 Å². The Morgan fingerprint density at radius 2 is 2.00 bits per heavy atom. The number of hydrogen-bond acceptors (Lipinski definition) is 6. The summed E-state index contributed by atoms with van der Waals surface area (Å²) in [6, 6.07) is 13.5. The van der Waals surface area contributed by atoms with Crippen molar-refractivity contribution in [2.75, 3.05) is 17.2 Å². The second-order valence-electron chi connectivity index (χ2n) is 6.42. The minimum atomic E-state index is -0.0129. The molecule has 0 radical (unpaired) electrons. The quantitative estimate of drug-likeness (QED) is 0.237. The highest BCUT2D eigenvalue weighted by Crippen LogP contribution is 2.27. The first-order chi connectivity index (χ1) is 14.2. The van der Waals surface area contributed by atoms with Crippen LogP contribution in [0.3, 0.4) is 0 Å². The van der Waals surface area contributed by atoms with Gasteiger partial charge in [0.25, 0.3) is 0 Å². The number of halogens is 1. The van der Waals surface area contributed by atoms with Crippen LogP contribution in [0.25, 0.3) is 10.9 Å². The summed E-state index contributed by atoms with van der Waals surface area (Å²) in [6.07, 6.45) is 4.64. The molecule has 2 N–H and O–H groups in total. The van der Waals surface area contributed by atoms with Crippen molar-refractivity contribution in [3.05, 3.63) is 53.3 Å². The minimum absolute atomic E-state index is 0.0129. The van der Waals surface area contributed by atoms with Gasteiger partial charge in [0.15, 0.2) is 0 Å². The number of amides is 1. The van der Waals surface area contributed by atoms with Crippen LogP contribution in [-0.4, -0.2) is 27.6 Å².